The van der Waals surface area contributed by atoms with Crippen molar-refractivity contribution in [3.05, 3.63) is 58.0 Å². The Morgan fingerprint density at radius 3 is 2.71 bits per heavy atom. The standard InChI is InChI=1S/C17H20N2O2/c1-10-6-16(12(3)21-10)11(2)19-17(20)13-4-5-14-8-18-9-15(14)7-13/h4-7,11,18H,8-9H2,1-3H3,(H,19,20). The molecule has 2 N–H and O–H groups in total. The Kier molecular flexibility index (Phi) is 3.55. The van der Waals surface area contributed by atoms with Crippen LogP contribution in [0.3, 0.4) is 0 Å². The van der Waals surface area contributed by atoms with E-state index in [0.717, 1.165) is 30.2 Å². The summed E-state index contributed by atoms with van der Waals surface area (Å²) in [6.45, 7) is 7.54. The molecule has 1 aromatic carbocycles. The molecule has 1 amide bonds. The van der Waals surface area contributed by atoms with Crippen LogP contribution in [-0.4, -0.2) is 5.91 Å². The van der Waals surface area contributed by atoms with E-state index in [1.54, 1.807) is 0 Å². The van der Waals surface area contributed by atoms with Gasteiger partial charge in [0.25, 0.3) is 5.91 Å². The fourth-order valence-electron chi connectivity index (χ4n) is 2.87. The second-order valence-electron chi connectivity index (χ2n) is 5.65. The topological polar surface area (TPSA) is 54.3 Å². The molecule has 2 aromatic rings. The van der Waals surface area contributed by atoms with Crippen LogP contribution < -0.4 is 10.6 Å². The van der Waals surface area contributed by atoms with Gasteiger partial charge in [-0.3, -0.25) is 4.79 Å². The molecule has 0 bridgehead atoms. The van der Waals surface area contributed by atoms with E-state index in [1.807, 2.05) is 45.0 Å². The number of furan rings is 1. The Morgan fingerprint density at radius 1 is 1.24 bits per heavy atom. The molecular formula is C17H20N2O2. The van der Waals surface area contributed by atoms with Crippen molar-refractivity contribution in [2.45, 2.75) is 39.9 Å². The summed E-state index contributed by atoms with van der Waals surface area (Å²) in [5.74, 6) is 1.68. The number of hydrogen-bond donors (Lipinski definition) is 2. The van der Waals surface area contributed by atoms with Gasteiger partial charge in [0.15, 0.2) is 0 Å². The average molecular weight is 284 g/mol. The summed E-state index contributed by atoms with van der Waals surface area (Å²) in [7, 11) is 0. The molecule has 110 valence electrons. The van der Waals surface area contributed by atoms with Gasteiger partial charge in [0, 0.05) is 24.2 Å². The molecule has 1 aromatic heterocycles. The van der Waals surface area contributed by atoms with E-state index in [0.29, 0.717) is 5.56 Å². The molecular weight excluding hydrogens is 264 g/mol. The summed E-state index contributed by atoms with van der Waals surface area (Å²) in [5, 5.41) is 6.33. The van der Waals surface area contributed by atoms with Crippen molar-refractivity contribution in [2.24, 2.45) is 0 Å². The first-order chi connectivity index (χ1) is 10.0. The van der Waals surface area contributed by atoms with Crippen LogP contribution in [0.5, 0.6) is 0 Å². The van der Waals surface area contributed by atoms with Crippen molar-refractivity contribution in [1.82, 2.24) is 10.6 Å². The van der Waals surface area contributed by atoms with Crippen molar-refractivity contribution >= 4 is 5.91 Å². The highest BCUT2D eigenvalue weighted by molar-refractivity contribution is 5.94. The third-order valence-corrected chi connectivity index (χ3v) is 3.99. The minimum Gasteiger partial charge on any atom is -0.466 e. The highest BCUT2D eigenvalue weighted by Gasteiger charge is 2.18. The zero-order valence-electron chi connectivity index (χ0n) is 12.6. The fraction of sp³-hybridized carbons (Fsp3) is 0.353. The van der Waals surface area contributed by atoms with E-state index in [4.69, 9.17) is 4.42 Å². The lowest BCUT2D eigenvalue weighted by Crippen LogP contribution is -2.26. The Labute approximate surface area is 124 Å². The molecule has 0 saturated heterocycles. The van der Waals surface area contributed by atoms with Gasteiger partial charge in [-0.25, -0.2) is 0 Å². The van der Waals surface area contributed by atoms with E-state index in [1.165, 1.54) is 11.1 Å². The van der Waals surface area contributed by atoms with Crippen LogP contribution in [0.4, 0.5) is 0 Å². The summed E-state index contributed by atoms with van der Waals surface area (Å²) in [5.41, 5.74) is 4.23. The van der Waals surface area contributed by atoms with E-state index >= 15 is 0 Å². The Bertz CT molecular complexity index is 688. The van der Waals surface area contributed by atoms with Gasteiger partial charge in [0.05, 0.1) is 6.04 Å². The van der Waals surface area contributed by atoms with Gasteiger partial charge in [0.1, 0.15) is 11.5 Å². The number of rotatable bonds is 3. The second kappa shape index (κ2) is 5.37. The van der Waals surface area contributed by atoms with Gasteiger partial charge in [-0.15, -0.1) is 0 Å². The maximum absolute atomic E-state index is 12.4. The Morgan fingerprint density at radius 2 is 2.00 bits per heavy atom. The van der Waals surface area contributed by atoms with E-state index in [9.17, 15) is 4.79 Å². The zero-order chi connectivity index (χ0) is 15.0. The number of hydrogen-bond acceptors (Lipinski definition) is 3. The lowest BCUT2D eigenvalue weighted by Gasteiger charge is -2.13. The van der Waals surface area contributed by atoms with Crippen LogP contribution in [0.1, 0.15) is 51.5 Å². The molecule has 1 unspecified atom stereocenters. The van der Waals surface area contributed by atoms with Gasteiger partial charge in [-0.2, -0.15) is 0 Å². The highest BCUT2D eigenvalue weighted by Crippen LogP contribution is 2.22. The van der Waals surface area contributed by atoms with Gasteiger partial charge in [-0.05, 0) is 50.1 Å². The van der Waals surface area contributed by atoms with Crippen LogP contribution in [0.25, 0.3) is 0 Å². The SMILES string of the molecule is Cc1cc(C(C)NC(=O)c2ccc3c(c2)CNC3)c(C)o1. The molecule has 3 rings (SSSR count). The molecule has 4 heteroatoms. The maximum Gasteiger partial charge on any atom is 0.251 e. The van der Waals surface area contributed by atoms with Crippen LogP contribution >= 0.6 is 0 Å². The first-order valence-electron chi connectivity index (χ1n) is 7.25. The Balaban J connectivity index is 1.75. The second-order valence-corrected chi connectivity index (χ2v) is 5.65. The molecule has 0 radical (unpaired) electrons. The number of aryl methyl sites for hydroxylation is 2. The van der Waals surface area contributed by atoms with Gasteiger partial charge >= 0.3 is 0 Å². The van der Waals surface area contributed by atoms with Gasteiger partial charge in [-0.1, -0.05) is 6.07 Å². The molecule has 0 saturated carbocycles. The molecule has 1 aliphatic heterocycles. The van der Waals surface area contributed by atoms with Crippen LogP contribution in [0, 0.1) is 13.8 Å². The van der Waals surface area contributed by atoms with Crippen LogP contribution in [0.2, 0.25) is 0 Å². The molecule has 0 spiro atoms. The number of carbonyl (C=O) groups is 1. The summed E-state index contributed by atoms with van der Waals surface area (Å²) < 4.78 is 5.52. The lowest BCUT2D eigenvalue weighted by molar-refractivity contribution is 0.0939. The molecule has 1 aliphatic rings. The van der Waals surface area contributed by atoms with Crippen molar-refractivity contribution < 1.29 is 9.21 Å². The Hall–Kier alpha value is -2.07. The molecule has 21 heavy (non-hydrogen) atoms. The first kappa shape index (κ1) is 13.9. The third kappa shape index (κ3) is 2.72. The van der Waals surface area contributed by atoms with Gasteiger partial charge < -0.3 is 15.1 Å². The largest absolute Gasteiger partial charge is 0.466 e. The first-order valence-corrected chi connectivity index (χ1v) is 7.25. The molecule has 0 fully saturated rings. The molecule has 4 nitrogen and oxygen atoms in total. The summed E-state index contributed by atoms with van der Waals surface area (Å²) in [4.78, 5) is 12.4. The number of amides is 1. The number of fused-ring (bicyclic) bond motifs is 1. The average Bonchev–Trinajstić information content (AvgIpc) is 3.03. The van der Waals surface area contributed by atoms with E-state index in [2.05, 4.69) is 10.6 Å². The lowest BCUT2D eigenvalue weighted by atomic mass is 10.0. The normalized spacial score (nSPS) is 14.8. The predicted molar refractivity (Wildman–Crippen MR) is 81.0 cm³/mol. The monoisotopic (exact) mass is 284 g/mol. The summed E-state index contributed by atoms with van der Waals surface area (Å²) in [6.07, 6.45) is 0. The minimum atomic E-state index is -0.0682. The van der Waals surface area contributed by atoms with Crippen LogP contribution in [0.15, 0.2) is 28.7 Å². The predicted octanol–water partition coefficient (Wildman–Crippen LogP) is 2.99. The minimum absolute atomic E-state index is 0.0459. The fourth-order valence-corrected chi connectivity index (χ4v) is 2.87. The maximum atomic E-state index is 12.4. The zero-order valence-corrected chi connectivity index (χ0v) is 12.6. The third-order valence-electron chi connectivity index (χ3n) is 3.99. The molecule has 2 heterocycles. The summed E-state index contributed by atoms with van der Waals surface area (Å²) >= 11 is 0. The summed E-state index contributed by atoms with van der Waals surface area (Å²) in [6, 6.07) is 7.81. The molecule has 1 atom stereocenters. The smallest absolute Gasteiger partial charge is 0.251 e. The van der Waals surface area contributed by atoms with Crippen LogP contribution in [-0.2, 0) is 13.1 Å². The highest BCUT2D eigenvalue weighted by atomic mass is 16.3. The van der Waals surface area contributed by atoms with E-state index < -0.39 is 0 Å². The van der Waals surface area contributed by atoms with E-state index in [-0.39, 0.29) is 11.9 Å². The number of nitrogens with one attached hydrogen (secondary N) is 2. The van der Waals surface area contributed by atoms with Crippen molar-refractivity contribution in [2.75, 3.05) is 0 Å². The van der Waals surface area contributed by atoms with Gasteiger partial charge in [0.2, 0.25) is 0 Å². The molecule has 0 aliphatic carbocycles. The quantitative estimate of drug-likeness (QED) is 0.911. The number of carbonyl (C=O) groups excluding carboxylic acids is 1. The van der Waals surface area contributed by atoms with Crippen molar-refractivity contribution in [3.63, 3.8) is 0 Å². The number of benzene rings is 1. The van der Waals surface area contributed by atoms with Crippen molar-refractivity contribution in [3.8, 4) is 0 Å². The van der Waals surface area contributed by atoms with Crippen molar-refractivity contribution in [1.29, 1.82) is 0 Å².